The highest BCUT2D eigenvalue weighted by molar-refractivity contribution is 5.94. The molecule has 0 aliphatic carbocycles. The molecule has 1 amide bonds. The number of hydrogen-bond acceptors (Lipinski definition) is 5. The summed E-state index contributed by atoms with van der Waals surface area (Å²) in [6, 6.07) is 7.02. The summed E-state index contributed by atoms with van der Waals surface area (Å²) >= 11 is 0. The number of carbonyl (C=O) groups is 1. The second-order valence-corrected chi connectivity index (χ2v) is 5.58. The lowest BCUT2D eigenvalue weighted by Gasteiger charge is -2.07. The molecule has 0 heterocycles. The number of hydrogen-bond donors (Lipinski definition) is 5. The third kappa shape index (κ3) is 9.89. The molecule has 0 saturated carbocycles. The number of nitrogens with one attached hydrogen (secondary N) is 3. The topological polar surface area (TPSA) is 105 Å². The van der Waals surface area contributed by atoms with Crippen molar-refractivity contribution in [1.29, 1.82) is 0 Å². The Kier molecular flexibility index (Phi) is 10.9. The molecule has 0 aliphatic rings. The predicted molar refractivity (Wildman–Crippen MR) is 96.4 cm³/mol. The zero-order chi connectivity index (χ0) is 16.8. The van der Waals surface area contributed by atoms with Crippen molar-refractivity contribution in [1.82, 2.24) is 16.0 Å². The molecule has 0 bridgehead atoms. The average molecular weight is 321 g/mol. The van der Waals surface area contributed by atoms with Gasteiger partial charge >= 0.3 is 0 Å². The van der Waals surface area contributed by atoms with E-state index in [2.05, 4.69) is 16.0 Å². The lowest BCUT2D eigenvalue weighted by atomic mass is 10.2. The Labute approximate surface area is 139 Å². The molecule has 0 unspecified atom stereocenters. The molecule has 0 atom stereocenters. The lowest BCUT2D eigenvalue weighted by molar-refractivity contribution is 0.0953. The highest BCUT2D eigenvalue weighted by Gasteiger charge is 2.04. The van der Waals surface area contributed by atoms with Crippen LogP contribution in [0.1, 0.15) is 36.0 Å². The van der Waals surface area contributed by atoms with E-state index in [1.165, 1.54) is 6.42 Å². The smallest absolute Gasteiger partial charge is 0.251 e. The molecule has 0 spiro atoms. The van der Waals surface area contributed by atoms with Crippen LogP contribution in [0.2, 0.25) is 0 Å². The van der Waals surface area contributed by atoms with Crippen molar-refractivity contribution in [2.24, 2.45) is 5.73 Å². The van der Waals surface area contributed by atoms with Gasteiger partial charge in [0.1, 0.15) is 0 Å². The van der Waals surface area contributed by atoms with Crippen LogP contribution in [-0.2, 0) is 0 Å². The maximum Gasteiger partial charge on any atom is 0.251 e. The van der Waals surface area contributed by atoms with Crippen molar-refractivity contribution in [2.75, 3.05) is 45.0 Å². The summed E-state index contributed by atoms with van der Waals surface area (Å²) < 4.78 is 0. The largest absolute Gasteiger partial charge is 0.399 e. The summed E-state index contributed by atoms with van der Waals surface area (Å²) in [5, 5.41) is 9.66. The van der Waals surface area contributed by atoms with Gasteiger partial charge in [0.2, 0.25) is 0 Å². The van der Waals surface area contributed by atoms with E-state index in [1.807, 2.05) is 0 Å². The highest BCUT2D eigenvalue weighted by atomic mass is 16.1. The monoisotopic (exact) mass is 321 g/mol. The van der Waals surface area contributed by atoms with E-state index in [0.717, 1.165) is 52.0 Å². The molecule has 0 saturated heterocycles. The molecule has 23 heavy (non-hydrogen) atoms. The van der Waals surface area contributed by atoms with Crippen molar-refractivity contribution in [3.8, 4) is 0 Å². The summed E-state index contributed by atoms with van der Waals surface area (Å²) in [6.07, 6.45) is 4.29. The second kappa shape index (κ2) is 12.9. The van der Waals surface area contributed by atoms with Crippen molar-refractivity contribution < 1.29 is 4.79 Å². The standard InChI is InChI=1S/C17H31N5O/c18-8-4-11-20-9-1-2-10-21-12-5-13-22-17(23)15-6-3-7-16(19)14-15/h3,6-7,14,20-21H,1-2,4-5,8-13,18-19H2,(H,22,23). The number of nitrogens with two attached hydrogens (primary N) is 2. The molecule has 1 aromatic carbocycles. The summed E-state index contributed by atoms with van der Waals surface area (Å²) in [5.74, 6) is -0.0687. The molecule has 0 aromatic heterocycles. The van der Waals surface area contributed by atoms with E-state index in [0.29, 0.717) is 17.8 Å². The van der Waals surface area contributed by atoms with Gasteiger partial charge in [0, 0.05) is 17.8 Å². The van der Waals surface area contributed by atoms with Crippen LogP contribution in [0.5, 0.6) is 0 Å². The van der Waals surface area contributed by atoms with E-state index < -0.39 is 0 Å². The summed E-state index contributed by atoms with van der Waals surface area (Å²) in [6.45, 7) is 5.41. The minimum atomic E-state index is -0.0687. The van der Waals surface area contributed by atoms with Crippen LogP contribution in [0.3, 0.4) is 0 Å². The number of anilines is 1. The Hall–Kier alpha value is -1.63. The minimum Gasteiger partial charge on any atom is -0.399 e. The molecule has 7 N–H and O–H groups in total. The molecule has 0 fully saturated rings. The molecule has 1 aromatic rings. The van der Waals surface area contributed by atoms with Crippen LogP contribution in [0.4, 0.5) is 5.69 Å². The molecular weight excluding hydrogens is 290 g/mol. The summed E-state index contributed by atoms with van der Waals surface area (Å²) in [5.41, 5.74) is 12.3. The highest BCUT2D eigenvalue weighted by Crippen LogP contribution is 2.05. The maximum atomic E-state index is 11.9. The normalized spacial score (nSPS) is 10.7. The van der Waals surface area contributed by atoms with Crippen LogP contribution >= 0.6 is 0 Å². The van der Waals surface area contributed by atoms with Gasteiger partial charge in [-0.05, 0) is 76.6 Å². The van der Waals surface area contributed by atoms with Crippen molar-refractivity contribution in [3.05, 3.63) is 29.8 Å². The SMILES string of the molecule is NCCCNCCCCNCCCNC(=O)c1cccc(N)c1. The first-order valence-electron chi connectivity index (χ1n) is 8.49. The molecule has 0 aliphatic heterocycles. The van der Waals surface area contributed by atoms with Gasteiger partial charge in [-0.25, -0.2) is 0 Å². The van der Waals surface area contributed by atoms with Gasteiger partial charge in [-0.15, -0.1) is 0 Å². The maximum absolute atomic E-state index is 11.9. The Morgan fingerprint density at radius 1 is 0.913 bits per heavy atom. The average Bonchev–Trinajstić information content (AvgIpc) is 2.55. The summed E-state index contributed by atoms with van der Waals surface area (Å²) in [4.78, 5) is 11.9. The Bertz CT molecular complexity index is 439. The Morgan fingerprint density at radius 3 is 2.22 bits per heavy atom. The predicted octanol–water partition coefficient (Wildman–Crippen LogP) is 0.697. The Morgan fingerprint density at radius 2 is 1.57 bits per heavy atom. The van der Waals surface area contributed by atoms with E-state index in [4.69, 9.17) is 11.5 Å². The van der Waals surface area contributed by atoms with Gasteiger partial charge in [0.15, 0.2) is 0 Å². The van der Waals surface area contributed by atoms with E-state index >= 15 is 0 Å². The molecule has 6 heteroatoms. The van der Waals surface area contributed by atoms with Crippen LogP contribution in [0.15, 0.2) is 24.3 Å². The fourth-order valence-electron chi connectivity index (χ4n) is 2.17. The number of benzene rings is 1. The second-order valence-electron chi connectivity index (χ2n) is 5.58. The first-order chi connectivity index (χ1) is 11.2. The fraction of sp³-hybridized carbons (Fsp3) is 0.588. The van der Waals surface area contributed by atoms with Gasteiger partial charge in [0.25, 0.3) is 5.91 Å². The number of carbonyl (C=O) groups excluding carboxylic acids is 1. The van der Waals surface area contributed by atoms with Gasteiger partial charge in [-0.2, -0.15) is 0 Å². The first kappa shape index (κ1) is 19.4. The molecule has 130 valence electrons. The van der Waals surface area contributed by atoms with Crippen LogP contribution in [0, 0.1) is 0 Å². The Balaban J connectivity index is 1.91. The van der Waals surface area contributed by atoms with Gasteiger partial charge in [0.05, 0.1) is 0 Å². The minimum absolute atomic E-state index is 0.0687. The van der Waals surface area contributed by atoms with Crippen molar-refractivity contribution in [3.63, 3.8) is 0 Å². The van der Waals surface area contributed by atoms with Crippen LogP contribution in [-0.4, -0.2) is 45.2 Å². The van der Waals surface area contributed by atoms with Gasteiger partial charge < -0.3 is 27.4 Å². The van der Waals surface area contributed by atoms with Crippen LogP contribution in [0.25, 0.3) is 0 Å². The van der Waals surface area contributed by atoms with Crippen LogP contribution < -0.4 is 27.4 Å². The van der Waals surface area contributed by atoms with E-state index in [-0.39, 0.29) is 5.91 Å². The van der Waals surface area contributed by atoms with E-state index in [9.17, 15) is 4.79 Å². The fourth-order valence-corrected chi connectivity index (χ4v) is 2.17. The van der Waals surface area contributed by atoms with Gasteiger partial charge in [-0.1, -0.05) is 6.07 Å². The summed E-state index contributed by atoms with van der Waals surface area (Å²) in [7, 11) is 0. The number of nitrogen functional groups attached to an aromatic ring is 1. The van der Waals surface area contributed by atoms with E-state index in [1.54, 1.807) is 24.3 Å². The molecule has 0 radical (unpaired) electrons. The quantitative estimate of drug-likeness (QED) is 0.272. The third-order valence-corrected chi connectivity index (χ3v) is 3.48. The van der Waals surface area contributed by atoms with Crippen molar-refractivity contribution in [2.45, 2.75) is 25.7 Å². The third-order valence-electron chi connectivity index (χ3n) is 3.48. The zero-order valence-corrected chi connectivity index (χ0v) is 13.9. The number of rotatable bonds is 13. The molecule has 1 rings (SSSR count). The van der Waals surface area contributed by atoms with Crippen molar-refractivity contribution >= 4 is 11.6 Å². The zero-order valence-electron chi connectivity index (χ0n) is 13.9. The number of amides is 1. The molecular formula is C17H31N5O. The lowest BCUT2D eigenvalue weighted by Crippen LogP contribution is -2.28. The first-order valence-corrected chi connectivity index (χ1v) is 8.49. The molecule has 6 nitrogen and oxygen atoms in total. The number of unbranched alkanes of at least 4 members (excludes halogenated alkanes) is 1. The van der Waals surface area contributed by atoms with Gasteiger partial charge in [-0.3, -0.25) is 4.79 Å².